The van der Waals surface area contributed by atoms with E-state index in [1.165, 1.54) is 30.2 Å². The van der Waals surface area contributed by atoms with Gasteiger partial charge in [0.2, 0.25) is 21.8 Å². The summed E-state index contributed by atoms with van der Waals surface area (Å²) in [6.45, 7) is 5.86. The number of anilines is 1. The molecule has 0 spiro atoms. The lowest BCUT2D eigenvalue weighted by Gasteiger charge is -2.31. The maximum Gasteiger partial charge on any atom is 0.244 e. The Morgan fingerprint density at radius 2 is 1.74 bits per heavy atom. The molecule has 1 atom stereocenters. The number of benzene rings is 2. The van der Waals surface area contributed by atoms with E-state index in [4.69, 9.17) is 16.3 Å². The van der Waals surface area contributed by atoms with Gasteiger partial charge < -0.3 is 15.0 Å². The molecular weight excluding hydrogens is 490 g/mol. The molecule has 0 aliphatic rings. The van der Waals surface area contributed by atoms with E-state index in [0.29, 0.717) is 18.7 Å². The third-order valence-corrected chi connectivity index (χ3v) is 6.87. The van der Waals surface area contributed by atoms with Crippen molar-refractivity contribution in [3.8, 4) is 5.75 Å². The fourth-order valence-electron chi connectivity index (χ4n) is 3.45. The topological polar surface area (TPSA) is 96.0 Å². The van der Waals surface area contributed by atoms with E-state index >= 15 is 0 Å². The van der Waals surface area contributed by atoms with Gasteiger partial charge in [-0.05, 0) is 43.0 Å². The molecule has 2 amide bonds. The van der Waals surface area contributed by atoms with Gasteiger partial charge in [-0.25, -0.2) is 8.42 Å². The number of nitrogens with one attached hydrogen (secondary N) is 1. The van der Waals surface area contributed by atoms with Crippen molar-refractivity contribution in [1.82, 2.24) is 10.2 Å². The number of methoxy groups -OCH3 is 1. The molecule has 2 aromatic carbocycles. The quantitative estimate of drug-likeness (QED) is 0.460. The normalized spacial score (nSPS) is 12.2. The molecule has 2 rings (SSSR count). The number of hydrogen-bond acceptors (Lipinski definition) is 5. The van der Waals surface area contributed by atoms with Crippen molar-refractivity contribution >= 4 is 39.1 Å². The minimum atomic E-state index is -3.83. The Bertz CT molecular complexity index is 1110. The van der Waals surface area contributed by atoms with Crippen LogP contribution in [-0.2, 0) is 26.0 Å². The van der Waals surface area contributed by atoms with Crippen LogP contribution < -0.4 is 14.4 Å². The number of amides is 2. The number of hydrogen-bond donors (Lipinski definition) is 1. The van der Waals surface area contributed by atoms with Crippen LogP contribution in [0.25, 0.3) is 0 Å². The molecule has 0 saturated carbocycles. The van der Waals surface area contributed by atoms with Crippen LogP contribution >= 0.6 is 11.6 Å². The Kier molecular flexibility index (Phi) is 10.4. The van der Waals surface area contributed by atoms with E-state index in [-0.39, 0.29) is 29.1 Å². The second-order valence-electron chi connectivity index (χ2n) is 8.73. The number of sulfonamides is 1. The molecule has 0 bridgehead atoms. The Morgan fingerprint density at radius 3 is 2.29 bits per heavy atom. The molecule has 35 heavy (non-hydrogen) atoms. The standard InChI is InChI=1S/C25H34ClN3O5S/c1-18(2)16-27-25(31)19(3)28(14-13-20-9-7-6-8-10-20)24(30)17-29(35(5,32)33)21-11-12-23(34-4)22(26)15-21/h6-12,15,18-19H,13-14,16-17H2,1-5H3,(H,27,31). The van der Waals surface area contributed by atoms with Gasteiger partial charge >= 0.3 is 0 Å². The summed E-state index contributed by atoms with van der Waals surface area (Å²) in [5.74, 6) is -0.153. The van der Waals surface area contributed by atoms with Gasteiger partial charge in [0.05, 0.1) is 24.1 Å². The third-order valence-electron chi connectivity index (χ3n) is 5.44. The molecule has 0 radical (unpaired) electrons. The molecule has 8 nitrogen and oxygen atoms in total. The van der Waals surface area contributed by atoms with Crippen molar-refractivity contribution in [2.75, 3.05) is 37.3 Å². The second-order valence-corrected chi connectivity index (χ2v) is 11.0. The number of carbonyl (C=O) groups is 2. The Balaban J connectivity index is 2.32. The lowest BCUT2D eigenvalue weighted by molar-refractivity contribution is -0.138. The first-order valence-corrected chi connectivity index (χ1v) is 13.6. The highest BCUT2D eigenvalue weighted by Crippen LogP contribution is 2.30. The van der Waals surface area contributed by atoms with Crippen molar-refractivity contribution in [3.63, 3.8) is 0 Å². The van der Waals surface area contributed by atoms with E-state index in [2.05, 4.69) is 5.32 Å². The summed E-state index contributed by atoms with van der Waals surface area (Å²) < 4.78 is 31.4. The van der Waals surface area contributed by atoms with Crippen LogP contribution in [0.5, 0.6) is 5.75 Å². The fourth-order valence-corrected chi connectivity index (χ4v) is 4.54. The van der Waals surface area contributed by atoms with E-state index in [0.717, 1.165) is 16.1 Å². The molecule has 10 heteroatoms. The number of nitrogens with zero attached hydrogens (tertiary/aromatic N) is 2. The van der Waals surface area contributed by atoms with Crippen LogP contribution in [0.1, 0.15) is 26.3 Å². The second kappa shape index (κ2) is 12.8. The highest BCUT2D eigenvalue weighted by Gasteiger charge is 2.30. The van der Waals surface area contributed by atoms with Crippen molar-refractivity contribution in [1.29, 1.82) is 0 Å². The Hall–Kier alpha value is -2.78. The van der Waals surface area contributed by atoms with Crippen LogP contribution in [0, 0.1) is 5.92 Å². The molecule has 0 aromatic heterocycles. The van der Waals surface area contributed by atoms with Crippen molar-refractivity contribution in [2.45, 2.75) is 33.2 Å². The van der Waals surface area contributed by atoms with Crippen molar-refractivity contribution in [3.05, 3.63) is 59.1 Å². The van der Waals surface area contributed by atoms with Crippen molar-refractivity contribution < 1.29 is 22.7 Å². The van der Waals surface area contributed by atoms with E-state index in [1.807, 2.05) is 44.2 Å². The first kappa shape index (κ1) is 28.5. The van der Waals surface area contributed by atoms with E-state index < -0.39 is 28.5 Å². The predicted molar refractivity (Wildman–Crippen MR) is 139 cm³/mol. The summed E-state index contributed by atoms with van der Waals surface area (Å²) >= 11 is 6.20. The Labute approximate surface area is 213 Å². The Morgan fingerprint density at radius 1 is 1.09 bits per heavy atom. The summed E-state index contributed by atoms with van der Waals surface area (Å²) in [6, 6.07) is 13.3. The predicted octanol–water partition coefficient (Wildman–Crippen LogP) is 3.35. The van der Waals surface area contributed by atoms with Crippen LogP contribution in [-0.4, -0.2) is 64.2 Å². The third kappa shape index (κ3) is 8.43. The maximum atomic E-state index is 13.5. The zero-order chi connectivity index (χ0) is 26.2. The molecule has 1 N–H and O–H groups in total. The van der Waals surface area contributed by atoms with Gasteiger partial charge in [-0.1, -0.05) is 55.8 Å². The highest BCUT2D eigenvalue weighted by atomic mass is 35.5. The molecule has 0 heterocycles. The fraction of sp³-hybridized carbons (Fsp3) is 0.440. The van der Waals surface area contributed by atoms with Crippen LogP contribution in [0.2, 0.25) is 5.02 Å². The number of rotatable bonds is 12. The molecule has 0 saturated heterocycles. The van der Waals surface area contributed by atoms with Crippen LogP contribution in [0.15, 0.2) is 48.5 Å². The van der Waals surface area contributed by atoms with Gasteiger partial charge in [0.1, 0.15) is 18.3 Å². The molecule has 2 aromatic rings. The van der Waals surface area contributed by atoms with Gasteiger partial charge in [0.15, 0.2) is 0 Å². The average Bonchev–Trinajstić information content (AvgIpc) is 2.80. The van der Waals surface area contributed by atoms with E-state index in [1.54, 1.807) is 6.92 Å². The minimum absolute atomic E-state index is 0.216. The summed E-state index contributed by atoms with van der Waals surface area (Å²) in [7, 11) is -2.38. The summed E-state index contributed by atoms with van der Waals surface area (Å²) in [5, 5.41) is 3.07. The average molecular weight is 524 g/mol. The first-order valence-electron chi connectivity index (χ1n) is 11.4. The van der Waals surface area contributed by atoms with Gasteiger partial charge in [-0.3, -0.25) is 13.9 Å². The van der Waals surface area contributed by atoms with Crippen LogP contribution in [0.4, 0.5) is 5.69 Å². The molecule has 0 fully saturated rings. The van der Waals surface area contributed by atoms with E-state index in [9.17, 15) is 18.0 Å². The lowest BCUT2D eigenvalue weighted by atomic mass is 10.1. The molecule has 192 valence electrons. The first-order chi connectivity index (χ1) is 16.4. The largest absolute Gasteiger partial charge is 0.495 e. The van der Waals surface area contributed by atoms with Gasteiger partial charge in [-0.15, -0.1) is 0 Å². The highest BCUT2D eigenvalue weighted by molar-refractivity contribution is 7.92. The number of carbonyl (C=O) groups excluding carboxylic acids is 2. The summed E-state index contributed by atoms with van der Waals surface area (Å²) in [6.07, 6.45) is 1.53. The molecule has 1 unspecified atom stereocenters. The van der Waals surface area contributed by atoms with Gasteiger partial charge in [0, 0.05) is 13.1 Å². The van der Waals surface area contributed by atoms with Gasteiger partial charge in [0.25, 0.3) is 0 Å². The lowest BCUT2D eigenvalue weighted by Crippen LogP contribution is -2.52. The smallest absolute Gasteiger partial charge is 0.244 e. The summed E-state index contributed by atoms with van der Waals surface area (Å²) in [4.78, 5) is 27.7. The van der Waals surface area contributed by atoms with Gasteiger partial charge in [-0.2, -0.15) is 0 Å². The number of halogens is 1. The van der Waals surface area contributed by atoms with Crippen LogP contribution in [0.3, 0.4) is 0 Å². The van der Waals surface area contributed by atoms with Crippen molar-refractivity contribution in [2.24, 2.45) is 5.92 Å². The molecule has 0 aliphatic heterocycles. The monoisotopic (exact) mass is 523 g/mol. The maximum absolute atomic E-state index is 13.5. The minimum Gasteiger partial charge on any atom is -0.495 e. The zero-order valence-corrected chi connectivity index (χ0v) is 22.4. The SMILES string of the molecule is COc1ccc(N(CC(=O)N(CCc2ccccc2)C(C)C(=O)NCC(C)C)S(C)(=O)=O)cc1Cl. The number of ether oxygens (including phenoxy) is 1. The summed E-state index contributed by atoms with van der Waals surface area (Å²) in [5.41, 5.74) is 1.23. The molecule has 0 aliphatic carbocycles. The zero-order valence-electron chi connectivity index (χ0n) is 20.8. The molecular formula is C25H34ClN3O5S.